The van der Waals surface area contributed by atoms with Gasteiger partial charge in [0.05, 0.1) is 6.61 Å². The topological polar surface area (TPSA) is 9.23 Å². The molecule has 2 heteroatoms. The average molecular weight is 323 g/mol. The highest BCUT2D eigenvalue weighted by atomic mass is 79.9. The van der Waals surface area contributed by atoms with Crippen LogP contribution in [0.3, 0.4) is 0 Å². The van der Waals surface area contributed by atoms with Crippen LogP contribution in [0.2, 0.25) is 0 Å². The number of hydrogen-bond donors (Lipinski definition) is 0. The van der Waals surface area contributed by atoms with Gasteiger partial charge in [0.2, 0.25) is 0 Å². The molecule has 2 bridgehead atoms. The molecular weight excluding hydrogens is 300 g/mol. The number of halogens is 1. The summed E-state index contributed by atoms with van der Waals surface area (Å²) in [6.45, 7) is 4.97. The van der Waals surface area contributed by atoms with E-state index in [9.17, 15) is 0 Å². The first kappa shape index (κ1) is 13.5. The van der Waals surface area contributed by atoms with Crippen molar-refractivity contribution in [1.82, 2.24) is 0 Å². The van der Waals surface area contributed by atoms with Crippen LogP contribution in [-0.2, 0) is 0 Å². The van der Waals surface area contributed by atoms with Crippen LogP contribution in [0.25, 0.3) is 0 Å². The first-order valence-electron chi connectivity index (χ1n) is 7.56. The van der Waals surface area contributed by atoms with Crippen molar-refractivity contribution in [2.45, 2.75) is 44.4 Å². The second kappa shape index (κ2) is 5.47. The molecule has 2 aliphatic rings. The van der Waals surface area contributed by atoms with Gasteiger partial charge in [-0.1, -0.05) is 40.0 Å². The third-order valence-corrected chi connectivity index (χ3v) is 6.10. The van der Waals surface area contributed by atoms with Crippen LogP contribution in [0.15, 0.2) is 18.2 Å². The molecule has 2 fully saturated rings. The van der Waals surface area contributed by atoms with Gasteiger partial charge in [0.25, 0.3) is 0 Å². The molecule has 4 atom stereocenters. The molecule has 4 unspecified atom stereocenters. The van der Waals surface area contributed by atoms with E-state index in [2.05, 4.69) is 48.0 Å². The predicted molar refractivity (Wildman–Crippen MR) is 83.0 cm³/mol. The van der Waals surface area contributed by atoms with Gasteiger partial charge < -0.3 is 4.74 Å². The summed E-state index contributed by atoms with van der Waals surface area (Å²) in [6, 6.07) is 6.58. The molecule has 1 aromatic rings. The van der Waals surface area contributed by atoms with Gasteiger partial charge in [0.1, 0.15) is 5.75 Å². The monoisotopic (exact) mass is 322 g/mol. The van der Waals surface area contributed by atoms with Crippen molar-refractivity contribution in [3.8, 4) is 5.75 Å². The molecule has 0 N–H and O–H groups in total. The van der Waals surface area contributed by atoms with E-state index in [-0.39, 0.29) is 0 Å². The van der Waals surface area contributed by atoms with E-state index in [1.54, 1.807) is 0 Å². The first-order valence-corrected chi connectivity index (χ1v) is 8.48. The maximum atomic E-state index is 5.82. The Morgan fingerprint density at radius 2 is 2.16 bits per heavy atom. The molecule has 0 aromatic heterocycles. The number of ether oxygens (including phenoxy) is 1. The van der Waals surface area contributed by atoms with E-state index in [0.717, 1.165) is 30.1 Å². The van der Waals surface area contributed by atoms with Crippen LogP contribution < -0.4 is 4.74 Å². The van der Waals surface area contributed by atoms with Gasteiger partial charge in [-0.15, -0.1) is 0 Å². The van der Waals surface area contributed by atoms with Crippen molar-refractivity contribution >= 4 is 15.9 Å². The molecule has 2 aliphatic carbocycles. The summed E-state index contributed by atoms with van der Waals surface area (Å²) in [4.78, 5) is 0.462. The number of alkyl halides is 1. The Hall–Kier alpha value is -0.500. The lowest BCUT2D eigenvalue weighted by Crippen LogP contribution is -2.16. The molecule has 104 valence electrons. The van der Waals surface area contributed by atoms with E-state index in [4.69, 9.17) is 4.74 Å². The fourth-order valence-corrected chi connectivity index (χ4v) is 5.06. The quantitative estimate of drug-likeness (QED) is 0.686. The smallest absolute Gasteiger partial charge is 0.123 e. The highest BCUT2D eigenvalue weighted by Crippen LogP contribution is 2.55. The lowest BCUT2D eigenvalue weighted by molar-refractivity contribution is 0.311. The van der Waals surface area contributed by atoms with E-state index in [1.165, 1.54) is 36.8 Å². The fraction of sp³-hybridized carbons (Fsp3) is 0.647. The van der Waals surface area contributed by atoms with Crippen molar-refractivity contribution in [3.63, 3.8) is 0 Å². The maximum Gasteiger partial charge on any atom is 0.123 e. The molecule has 0 spiro atoms. The van der Waals surface area contributed by atoms with Gasteiger partial charge in [-0.05, 0) is 56.9 Å². The summed E-state index contributed by atoms with van der Waals surface area (Å²) in [5.74, 6) is 3.80. The summed E-state index contributed by atoms with van der Waals surface area (Å²) in [6.07, 6.45) is 5.77. The minimum absolute atomic E-state index is 0.462. The standard InChI is InChI=1S/C17H23BrO/c1-3-19-16-7-4-11(2)8-15(16)17(18)14-10-12-5-6-13(14)9-12/h4,7-8,12-14,17H,3,5-6,9-10H2,1-2H3. The minimum Gasteiger partial charge on any atom is -0.494 e. The molecule has 2 saturated carbocycles. The van der Waals surface area contributed by atoms with E-state index < -0.39 is 0 Å². The Balaban J connectivity index is 1.86. The summed E-state index contributed by atoms with van der Waals surface area (Å²) in [7, 11) is 0. The van der Waals surface area contributed by atoms with E-state index in [1.807, 2.05) is 0 Å². The van der Waals surface area contributed by atoms with Gasteiger partial charge in [-0.2, -0.15) is 0 Å². The Morgan fingerprint density at radius 3 is 2.79 bits per heavy atom. The van der Waals surface area contributed by atoms with Crippen LogP contribution in [0.1, 0.15) is 48.6 Å². The molecule has 1 nitrogen and oxygen atoms in total. The molecule has 0 heterocycles. The number of hydrogen-bond acceptors (Lipinski definition) is 1. The summed E-state index contributed by atoms with van der Waals surface area (Å²) in [5, 5.41) is 0. The summed E-state index contributed by atoms with van der Waals surface area (Å²) in [5.41, 5.74) is 2.69. The second-order valence-electron chi connectivity index (χ2n) is 6.21. The average Bonchev–Trinajstić information content (AvgIpc) is 3.02. The molecule has 0 amide bonds. The van der Waals surface area contributed by atoms with Crippen LogP contribution in [0.4, 0.5) is 0 Å². The SMILES string of the molecule is CCOc1ccc(C)cc1C(Br)C1CC2CCC1C2. The van der Waals surface area contributed by atoms with Crippen molar-refractivity contribution in [3.05, 3.63) is 29.3 Å². The molecule has 0 radical (unpaired) electrons. The van der Waals surface area contributed by atoms with Crippen molar-refractivity contribution < 1.29 is 4.74 Å². The van der Waals surface area contributed by atoms with Gasteiger partial charge in [-0.3, -0.25) is 0 Å². The zero-order chi connectivity index (χ0) is 13.4. The Morgan fingerprint density at radius 1 is 1.32 bits per heavy atom. The van der Waals surface area contributed by atoms with E-state index >= 15 is 0 Å². The third kappa shape index (κ3) is 2.56. The van der Waals surface area contributed by atoms with E-state index in [0.29, 0.717) is 4.83 Å². The second-order valence-corrected chi connectivity index (χ2v) is 7.20. The zero-order valence-electron chi connectivity index (χ0n) is 11.9. The van der Waals surface area contributed by atoms with Crippen molar-refractivity contribution in [1.29, 1.82) is 0 Å². The molecule has 0 saturated heterocycles. The number of aryl methyl sites for hydroxylation is 1. The van der Waals surface area contributed by atoms with Gasteiger partial charge in [0.15, 0.2) is 0 Å². The highest BCUT2D eigenvalue weighted by molar-refractivity contribution is 9.09. The number of benzene rings is 1. The minimum atomic E-state index is 0.462. The zero-order valence-corrected chi connectivity index (χ0v) is 13.4. The molecule has 3 rings (SSSR count). The lowest BCUT2D eigenvalue weighted by Gasteiger charge is -2.28. The Bertz CT molecular complexity index is 457. The van der Waals surface area contributed by atoms with Crippen LogP contribution in [-0.4, -0.2) is 6.61 Å². The molecule has 19 heavy (non-hydrogen) atoms. The highest BCUT2D eigenvalue weighted by Gasteiger charge is 2.43. The van der Waals surface area contributed by atoms with Crippen molar-refractivity contribution in [2.24, 2.45) is 17.8 Å². The third-order valence-electron chi connectivity index (χ3n) is 4.93. The molecular formula is C17H23BrO. The summed E-state index contributed by atoms with van der Waals surface area (Å²) >= 11 is 3.99. The molecule has 0 aliphatic heterocycles. The normalized spacial score (nSPS) is 30.6. The first-order chi connectivity index (χ1) is 9.19. The van der Waals surface area contributed by atoms with Crippen LogP contribution in [0, 0.1) is 24.7 Å². The maximum absolute atomic E-state index is 5.82. The number of fused-ring (bicyclic) bond motifs is 2. The van der Waals surface area contributed by atoms with Crippen molar-refractivity contribution in [2.75, 3.05) is 6.61 Å². The van der Waals surface area contributed by atoms with Gasteiger partial charge >= 0.3 is 0 Å². The predicted octanol–water partition coefficient (Wildman–Crippen LogP) is 5.27. The van der Waals surface area contributed by atoms with Crippen LogP contribution >= 0.6 is 15.9 Å². The van der Waals surface area contributed by atoms with Crippen LogP contribution in [0.5, 0.6) is 5.75 Å². The fourth-order valence-electron chi connectivity index (χ4n) is 4.05. The summed E-state index contributed by atoms with van der Waals surface area (Å²) < 4.78 is 5.82. The molecule has 1 aromatic carbocycles. The largest absolute Gasteiger partial charge is 0.494 e. The van der Waals surface area contributed by atoms with Gasteiger partial charge in [-0.25, -0.2) is 0 Å². The Labute approximate surface area is 124 Å². The van der Waals surface area contributed by atoms with Gasteiger partial charge in [0, 0.05) is 10.4 Å². The Kier molecular flexibility index (Phi) is 3.88. The number of rotatable bonds is 4. The lowest BCUT2D eigenvalue weighted by atomic mass is 9.83.